The molecular weight excluding hydrogens is 311 g/mol. The van der Waals surface area contributed by atoms with Crippen LogP contribution in [0.3, 0.4) is 0 Å². The van der Waals surface area contributed by atoms with Crippen molar-refractivity contribution in [2.75, 3.05) is 32.8 Å². The van der Waals surface area contributed by atoms with E-state index >= 15 is 0 Å². The monoisotopic (exact) mass is 334 g/mol. The first-order valence-electron chi connectivity index (χ1n) is 8.52. The van der Waals surface area contributed by atoms with Crippen LogP contribution in [0.2, 0.25) is 0 Å². The number of carbonyl (C=O) groups excluding carboxylic acids is 2. The van der Waals surface area contributed by atoms with E-state index < -0.39 is 11.6 Å². The Labute approximate surface area is 141 Å². The zero-order valence-corrected chi connectivity index (χ0v) is 13.7. The van der Waals surface area contributed by atoms with E-state index in [2.05, 4.69) is 0 Å². The van der Waals surface area contributed by atoms with Crippen molar-refractivity contribution in [2.45, 2.75) is 31.4 Å². The third kappa shape index (κ3) is 3.68. The minimum absolute atomic E-state index is 0.0661. The van der Waals surface area contributed by atoms with Crippen molar-refractivity contribution in [3.8, 4) is 5.75 Å². The molecule has 2 aliphatic rings. The summed E-state index contributed by atoms with van der Waals surface area (Å²) in [5, 5.41) is 0. The Bertz CT molecular complexity index is 579. The van der Waals surface area contributed by atoms with Gasteiger partial charge in [0.15, 0.2) is 12.3 Å². The minimum Gasteiger partial charge on any atom is -0.484 e. The molecule has 0 aromatic heterocycles. The topological polar surface area (TPSA) is 49.9 Å². The molecule has 6 heteroatoms. The number of nitrogens with zero attached hydrogens (tertiary/aromatic N) is 2. The molecule has 0 aliphatic carbocycles. The summed E-state index contributed by atoms with van der Waals surface area (Å²) in [7, 11) is 0. The minimum atomic E-state index is -1.82. The van der Waals surface area contributed by atoms with Crippen molar-refractivity contribution in [3.05, 3.63) is 30.3 Å². The van der Waals surface area contributed by atoms with Crippen LogP contribution in [0.15, 0.2) is 30.3 Å². The summed E-state index contributed by atoms with van der Waals surface area (Å²) in [4.78, 5) is 27.7. The summed E-state index contributed by atoms with van der Waals surface area (Å²) in [6.07, 6.45) is 2.03. The molecule has 0 spiro atoms. The van der Waals surface area contributed by atoms with Gasteiger partial charge in [-0.3, -0.25) is 9.59 Å². The second-order valence-electron chi connectivity index (χ2n) is 6.45. The van der Waals surface area contributed by atoms with Gasteiger partial charge in [-0.15, -0.1) is 0 Å². The SMILES string of the molecule is O=C(COc1ccccc1)N1CCC(F)(C(=O)N2CCCC2)CC1. The lowest BCUT2D eigenvalue weighted by Gasteiger charge is -2.37. The molecule has 5 nitrogen and oxygen atoms in total. The number of carbonyl (C=O) groups is 2. The van der Waals surface area contributed by atoms with E-state index in [1.807, 2.05) is 18.2 Å². The van der Waals surface area contributed by atoms with Gasteiger partial charge in [0, 0.05) is 39.0 Å². The molecule has 0 atom stereocenters. The van der Waals surface area contributed by atoms with Gasteiger partial charge < -0.3 is 14.5 Å². The molecule has 1 aromatic carbocycles. The van der Waals surface area contributed by atoms with E-state index in [9.17, 15) is 14.0 Å². The fourth-order valence-electron chi connectivity index (χ4n) is 3.28. The number of likely N-dealkylation sites (tertiary alicyclic amines) is 2. The van der Waals surface area contributed by atoms with Crippen LogP contribution in [0.25, 0.3) is 0 Å². The summed E-state index contributed by atoms with van der Waals surface area (Å²) < 4.78 is 20.4. The molecule has 0 saturated carbocycles. The van der Waals surface area contributed by atoms with Crippen LogP contribution in [0, 0.1) is 0 Å². The Balaban J connectivity index is 1.49. The highest BCUT2D eigenvalue weighted by Gasteiger charge is 2.45. The highest BCUT2D eigenvalue weighted by atomic mass is 19.1. The zero-order chi connectivity index (χ0) is 17.0. The van der Waals surface area contributed by atoms with Gasteiger partial charge in [0.1, 0.15) is 5.75 Å². The smallest absolute Gasteiger partial charge is 0.260 e. The van der Waals surface area contributed by atoms with Crippen LogP contribution in [0.4, 0.5) is 4.39 Å². The van der Waals surface area contributed by atoms with Crippen LogP contribution < -0.4 is 4.74 Å². The Morgan fingerprint density at radius 3 is 2.25 bits per heavy atom. The second-order valence-corrected chi connectivity index (χ2v) is 6.45. The summed E-state index contributed by atoms with van der Waals surface area (Å²) in [5.41, 5.74) is -1.82. The van der Waals surface area contributed by atoms with Gasteiger partial charge in [0.25, 0.3) is 11.8 Å². The van der Waals surface area contributed by atoms with E-state index in [0.29, 0.717) is 18.8 Å². The van der Waals surface area contributed by atoms with Crippen molar-refractivity contribution in [2.24, 2.45) is 0 Å². The molecule has 0 radical (unpaired) electrons. The molecule has 24 heavy (non-hydrogen) atoms. The summed E-state index contributed by atoms with van der Waals surface area (Å²) in [5.74, 6) is 0.0640. The molecule has 0 unspecified atom stereocenters. The summed E-state index contributed by atoms with van der Waals surface area (Å²) in [6.45, 7) is 1.75. The Morgan fingerprint density at radius 2 is 1.62 bits per heavy atom. The maximum atomic E-state index is 14.9. The van der Waals surface area contributed by atoms with Crippen LogP contribution in [-0.2, 0) is 9.59 Å². The number of rotatable bonds is 4. The number of hydrogen-bond acceptors (Lipinski definition) is 3. The summed E-state index contributed by atoms with van der Waals surface area (Å²) >= 11 is 0. The number of halogens is 1. The molecule has 2 saturated heterocycles. The maximum Gasteiger partial charge on any atom is 0.260 e. The van der Waals surface area contributed by atoms with Crippen LogP contribution in [-0.4, -0.2) is 60.1 Å². The third-order valence-electron chi connectivity index (χ3n) is 4.79. The first-order valence-corrected chi connectivity index (χ1v) is 8.52. The Kier molecular flexibility index (Phi) is 5.02. The predicted molar refractivity (Wildman–Crippen MR) is 87.4 cm³/mol. The average Bonchev–Trinajstić information content (AvgIpc) is 3.15. The van der Waals surface area contributed by atoms with E-state index in [4.69, 9.17) is 4.74 Å². The van der Waals surface area contributed by atoms with Crippen molar-refractivity contribution < 1.29 is 18.7 Å². The van der Waals surface area contributed by atoms with Crippen molar-refractivity contribution in [1.29, 1.82) is 0 Å². The average molecular weight is 334 g/mol. The van der Waals surface area contributed by atoms with Crippen molar-refractivity contribution in [1.82, 2.24) is 9.80 Å². The van der Waals surface area contributed by atoms with Crippen molar-refractivity contribution in [3.63, 3.8) is 0 Å². The fraction of sp³-hybridized carbons (Fsp3) is 0.556. The normalized spacial score (nSPS) is 20.0. The lowest BCUT2D eigenvalue weighted by molar-refractivity contribution is -0.150. The second kappa shape index (κ2) is 7.20. The fourth-order valence-corrected chi connectivity index (χ4v) is 3.28. The van der Waals surface area contributed by atoms with Gasteiger partial charge >= 0.3 is 0 Å². The number of piperidine rings is 1. The number of hydrogen-bond donors (Lipinski definition) is 0. The molecule has 0 N–H and O–H groups in total. The Morgan fingerprint density at radius 1 is 1.00 bits per heavy atom. The van der Waals surface area contributed by atoms with Crippen molar-refractivity contribution >= 4 is 11.8 Å². The van der Waals surface area contributed by atoms with Gasteiger partial charge in [-0.1, -0.05) is 18.2 Å². The number of ether oxygens (including phenoxy) is 1. The molecule has 2 heterocycles. The lowest BCUT2D eigenvalue weighted by Crippen LogP contribution is -2.53. The third-order valence-corrected chi connectivity index (χ3v) is 4.79. The van der Waals surface area contributed by atoms with Gasteiger partial charge in [-0.25, -0.2) is 4.39 Å². The van der Waals surface area contributed by atoms with E-state index in [-0.39, 0.29) is 38.4 Å². The van der Waals surface area contributed by atoms with Gasteiger partial charge in [-0.05, 0) is 25.0 Å². The molecule has 1 aromatic rings. The van der Waals surface area contributed by atoms with Gasteiger partial charge in [0.2, 0.25) is 0 Å². The van der Waals surface area contributed by atoms with Crippen LogP contribution in [0.5, 0.6) is 5.75 Å². The van der Waals surface area contributed by atoms with Crippen LogP contribution in [0.1, 0.15) is 25.7 Å². The molecule has 2 fully saturated rings. The summed E-state index contributed by atoms with van der Waals surface area (Å²) in [6, 6.07) is 9.11. The number of amides is 2. The van der Waals surface area contributed by atoms with E-state index in [1.165, 1.54) is 0 Å². The molecule has 2 aliphatic heterocycles. The Hall–Kier alpha value is -2.11. The van der Waals surface area contributed by atoms with Crippen LogP contribution >= 0.6 is 0 Å². The maximum absolute atomic E-state index is 14.9. The lowest BCUT2D eigenvalue weighted by atomic mass is 9.91. The quantitative estimate of drug-likeness (QED) is 0.846. The van der Waals surface area contributed by atoms with E-state index in [0.717, 1.165) is 12.8 Å². The highest BCUT2D eigenvalue weighted by molar-refractivity contribution is 5.86. The first-order chi connectivity index (χ1) is 11.6. The standard InChI is InChI=1S/C18H23FN2O3/c19-18(17(23)21-10-4-5-11-21)8-12-20(13-9-18)16(22)14-24-15-6-2-1-3-7-15/h1-3,6-7H,4-5,8-14H2. The molecule has 130 valence electrons. The molecule has 0 bridgehead atoms. The van der Waals surface area contributed by atoms with E-state index in [1.54, 1.807) is 21.9 Å². The van der Waals surface area contributed by atoms with Gasteiger partial charge in [0.05, 0.1) is 0 Å². The zero-order valence-electron chi connectivity index (χ0n) is 13.7. The molecular formula is C18H23FN2O3. The first kappa shape index (κ1) is 16.7. The number of para-hydroxylation sites is 1. The molecule has 2 amide bonds. The van der Waals surface area contributed by atoms with Gasteiger partial charge in [-0.2, -0.15) is 0 Å². The number of benzene rings is 1. The molecule has 3 rings (SSSR count). The highest BCUT2D eigenvalue weighted by Crippen LogP contribution is 2.30. The largest absolute Gasteiger partial charge is 0.484 e. The number of alkyl halides is 1. The predicted octanol–water partition coefficient (Wildman–Crippen LogP) is 2.02.